The monoisotopic (exact) mass is 403 g/mol. The van der Waals surface area contributed by atoms with Gasteiger partial charge in [0.1, 0.15) is 17.5 Å². The molecular weight excluding hydrogens is 374 g/mol. The number of pyridine rings is 1. The number of anilines is 1. The second-order valence-electron chi connectivity index (χ2n) is 7.44. The fraction of sp³-hybridized carbons (Fsp3) is 0.632. The second kappa shape index (κ2) is 10.5. The zero-order valence-corrected chi connectivity index (χ0v) is 16.3. The molecular formula is C19H29N7O3. The summed E-state index contributed by atoms with van der Waals surface area (Å²) in [5, 5.41) is 18.2. The van der Waals surface area contributed by atoms with E-state index in [0.29, 0.717) is 37.6 Å². The minimum atomic E-state index is -0.875. The van der Waals surface area contributed by atoms with E-state index in [4.69, 9.17) is 26.2 Å². The van der Waals surface area contributed by atoms with Crippen LogP contribution in [0.5, 0.6) is 5.75 Å². The molecule has 2 aliphatic heterocycles. The van der Waals surface area contributed by atoms with E-state index in [1.807, 2.05) is 0 Å². The normalized spacial score (nSPS) is 25.8. The van der Waals surface area contributed by atoms with Crippen molar-refractivity contribution >= 4 is 11.6 Å². The van der Waals surface area contributed by atoms with E-state index < -0.39 is 18.2 Å². The van der Waals surface area contributed by atoms with E-state index in [0.717, 1.165) is 19.4 Å². The Balaban J connectivity index is 1.65. The molecule has 2 saturated heterocycles. The highest BCUT2D eigenvalue weighted by atomic mass is 16.5. The molecule has 10 nitrogen and oxygen atoms in total. The van der Waals surface area contributed by atoms with Gasteiger partial charge in [0.05, 0.1) is 37.1 Å². The number of nitrogens with two attached hydrogens (primary N) is 2. The Kier molecular flexibility index (Phi) is 7.74. The first-order valence-electron chi connectivity index (χ1n) is 9.92. The fourth-order valence-electron chi connectivity index (χ4n) is 3.59. The number of aromatic nitrogens is 1. The van der Waals surface area contributed by atoms with Gasteiger partial charge in [-0.15, -0.1) is 0 Å². The van der Waals surface area contributed by atoms with Crippen LogP contribution in [0.25, 0.3) is 0 Å². The molecule has 2 fully saturated rings. The van der Waals surface area contributed by atoms with Crippen LogP contribution in [0, 0.1) is 23.2 Å². The van der Waals surface area contributed by atoms with Gasteiger partial charge >= 0.3 is 0 Å². The lowest BCUT2D eigenvalue weighted by atomic mass is 9.96. The van der Waals surface area contributed by atoms with Crippen molar-refractivity contribution in [3.8, 4) is 11.8 Å². The number of nitriles is 1. The number of hydrogen-bond donors (Lipinski definition) is 5. The molecule has 0 spiro atoms. The van der Waals surface area contributed by atoms with Gasteiger partial charge in [-0.25, -0.2) is 0 Å². The van der Waals surface area contributed by atoms with Crippen molar-refractivity contribution in [3.05, 3.63) is 18.5 Å². The Hall–Kier alpha value is -2.29. The zero-order valence-electron chi connectivity index (χ0n) is 16.3. The average molecular weight is 403 g/mol. The minimum Gasteiger partial charge on any atom is -0.486 e. The Morgan fingerprint density at radius 1 is 1.45 bits per heavy atom. The zero-order chi connectivity index (χ0) is 20.6. The van der Waals surface area contributed by atoms with Crippen LogP contribution < -0.4 is 32.2 Å². The second-order valence-corrected chi connectivity index (χ2v) is 7.44. The van der Waals surface area contributed by atoms with Crippen molar-refractivity contribution in [2.75, 3.05) is 31.6 Å². The van der Waals surface area contributed by atoms with Crippen LogP contribution in [-0.2, 0) is 9.53 Å². The summed E-state index contributed by atoms with van der Waals surface area (Å²) >= 11 is 0. The SMILES string of the molecule is N#CCC1CNC(C(C(=O)Nc2cnccc2OC2CCCOC2)C(N)N)NC1. The number of amides is 1. The third kappa shape index (κ3) is 5.85. The van der Waals surface area contributed by atoms with Crippen LogP contribution in [0.2, 0.25) is 0 Å². The predicted octanol–water partition coefficient (Wildman–Crippen LogP) is -0.514. The summed E-state index contributed by atoms with van der Waals surface area (Å²) in [5.74, 6) is -0.331. The Bertz CT molecular complexity index is 710. The van der Waals surface area contributed by atoms with Crippen LogP contribution in [0.4, 0.5) is 5.69 Å². The molecule has 1 aromatic rings. The van der Waals surface area contributed by atoms with Gasteiger partial charge in [0.2, 0.25) is 5.91 Å². The standard InChI is InChI=1S/C19H29N7O3/c20-5-3-12-8-24-18(25-9-12)16(17(21)22)19(27)26-14-10-23-6-4-15(14)29-13-2-1-7-28-11-13/h4,6,10,12-13,16-18,24-25H,1-3,7-9,11,21-22H2,(H,26,27). The van der Waals surface area contributed by atoms with Crippen LogP contribution in [0.3, 0.4) is 0 Å². The predicted molar refractivity (Wildman–Crippen MR) is 107 cm³/mol. The summed E-state index contributed by atoms with van der Waals surface area (Å²) in [6, 6.07) is 3.87. The third-order valence-electron chi connectivity index (χ3n) is 5.16. The molecule has 0 saturated carbocycles. The van der Waals surface area contributed by atoms with Gasteiger partial charge < -0.3 is 36.9 Å². The molecule has 0 bridgehead atoms. The van der Waals surface area contributed by atoms with E-state index >= 15 is 0 Å². The Labute approximate surface area is 170 Å². The molecule has 3 heterocycles. The largest absolute Gasteiger partial charge is 0.486 e. The van der Waals surface area contributed by atoms with Gasteiger partial charge in [-0.1, -0.05) is 0 Å². The topological polar surface area (TPSA) is 160 Å². The molecule has 7 N–H and O–H groups in total. The number of ether oxygens (including phenoxy) is 2. The van der Waals surface area contributed by atoms with Crippen LogP contribution in [-0.4, -0.2) is 55.6 Å². The number of rotatable bonds is 7. The highest BCUT2D eigenvalue weighted by Gasteiger charge is 2.35. The first-order valence-corrected chi connectivity index (χ1v) is 9.92. The fourth-order valence-corrected chi connectivity index (χ4v) is 3.59. The average Bonchev–Trinajstić information content (AvgIpc) is 2.72. The van der Waals surface area contributed by atoms with E-state index in [1.54, 1.807) is 18.5 Å². The lowest BCUT2D eigenvalue weighted by Crippen LogP contribution is -2.63. The van der Waals surface area contributed by atoms with E-state index in [2.05, 4.69) is 27.0 Å². The van der Waals surface area contributed by atoms with Crippen molar-refractivity contribution in [1.82, 2.24) is 15.6 Å². The first-order chi connectivity index (χ1) is 14.1. The molecule has 0 radical (unpaired) electrons. The number of carbonyl (C=O) groups excluding carboxylic acids is 1. The molecule has 0 aliphatic carbocycles. The highest BCUT2D eigenvalue weighted by Crippen LogP contribution is 2.26. The highest BCUT2D eigenvalue weighted by molar-refractivity contribution is 5.94. The first kappa shape index (κ1) is 21.4. The van der Waals surface area contributed by atoms with Crippen molar-refractivity contribution in [3.63, 3.8) is 0 Å². The van der Waals surface area contributed by atoms with Crippen LogP contribution >= 0.6 is 0 Å². The molecule has 2 aliphatic rings. The quantitative estimate of drug-likeness (QED) is 0.378. The van der Waals surface area contributed by atoms with Crippen molar-refractivity contribution < 1.29 is 14.3 Å². The lowest BCUT2D eigenvalue weighted by molar-refractivity contribution is -0.122. The van der Waals surface area contributed by atoms with Crippen molar-refractivity contribution in [2.45, 2.75) is 37.7 Å². The van der Waals surface area contributed by atoms with Gasteiger partial charge in [0, 0.05) is 38.4 Å². The summed E-state index contributed by atoms with van der Waals surface area (Å²) < 4.78 is 11.5. The van der Waals surface area contributed by atoms with Gasteiger partial charge in [-0.05, 0) is 18.8 Å². The van der Waals surface area contributed by atoms with Crippen molar-refractivity contribution in [2.24, 2.45) is 23.3 Å². The van der Waals surface area contributed by atoms with Gasteiger partial charge in [0.15, 0.2) is 0 Å². The van der Waals surface area contributed by atoms with Gasteiger partial charge in [-0.2, -0.15) is 5.26 Å². The number of nitrogens with one attached hydrogen (secondary N) is 3. The van der Waals surface area contributed by atoms with E-state index in [1.165, 1.54) is 0 Å². The molecule has 29 heavy (non-hydrogen) atoms. The van der Waals surface area contributed by atoms with E-state index in [-0.39, 0.29) is 17.9 Å². The molecule has 10 heteroatoms. The Morgan fingerprint density at radius 3 is 2.90 bits per heavy atom. The molecule has 158 valence electrons. The lowest BCUT2D eigenvalue weighted by Gasteiger charge is -2.36. The maximum atomic E-state index is 13.0. The molecule has 1 aromatic heterocycles. The molecule has 2 atom stereocenters. The summed E-state index contributed by atoms with van der Waals surface area (Å²) in [6.45, 7) is 2.49. The summed E-state index contributed by atoms with van der Waals surface area (Å²) in [4.78, 5) is 17.1. The maximum absolute atomic E-state index is 13.0. The summed E-state index contributed by atoms with van der Waals surface area (Å²) in [5.41, 5.74) is 12.3. The van der Waals surface area contributed by atoms with Crippen LogP contribution in [0.15, 0.2) is 18.5 Å². The smallest absolute Gasteiger partial charge is 0.233 e. The number of nitrogens with zero attached hydrogens (tertiary/aromatic N) is 2. The Morgan fingerprint density at radius 2 is 2.24 bits per heavy atom. The van der Waals surface area contributed by atoms with E-state index in [9.17, 15) is 4.79 Å². The van der Waals surface area contributed by atoms with Crippen molar-refractivity contribution in [1.29, 1.82) is 5.26 Å². The van der Waals surface area contributed by atoms with Crippen LogP contribution in [0.1, 0.15) is 19.3 Å². The summed E-state index contributed by atoms with van der Waals surface area (Å²) in [7, 11) is 0. The molecule has 1 amide bonds. The third-order valence-corrected chi connectivity index (χ3v) is 5.16. The minimum absolute atomic E-state index is 0.0619. The molecule has 2 unspecified atom stereocenters. The molecule has 3 rings (SSSR count). The number of carbonyl (C=O) groups is 1. The van der Waals surface area contributed by atoms with Gasteiger partial charge in [-0.3, -0.25) is 9.78 Å². The maximum Gasteiger partial charge on any atom is 0.233 e. The molecule has 0 aromatic carbocycles. The summed E-state index contributed by atoms with van der Waals surface area (Å²) in [6.07, 6.45) is 4.10. The number of hydrogen-bond acceptors (Lipinski definition) is 9. The van der Waals surface area contributed by atoms with Gasteiger partial charge in [0.25, 0.3) is 0 Å².